The zero-order valence-corrected chi connectivity index (χ0v) is 6.76. The van der Waals surface area contributed by atoms with Gasteiger partial charge in [-0.2, -0.15) is 10.1 Å². The molecule has 0 fully saturated rings. The first-order valence-electron chi connectivity index (χ1n) is 2.70. The van der Waals surface area contributed by atoms with E-state index in [2.05, 4.69) is 5.10 Å². The van der Waals surface area contributed by atoms with E-state index in [1.165, 1.54) is 18.0 Å². The van der Waals surface area contributed by atoms with Crippen molar-refractivity contribution in [1.82, 2.24) is 5.01 Å². The van der Waals surface area contributed by atoms with Gasteiger partial charge in [0.2, 0.25) is 0 Å². The van der Waals surface area contributed by atoms with Crippen LogP contribution in [-0.4, -0.2) is 34.6 Å². The second kappa shape index (κ2) is 5.10. The Kier molecular flexibility index (Phi) is 4.74. The molecule has 0 spiro atoms. The van der Waals surface area contributed by atoms with Gasteiger partial charge in [-0.25, -0.2) is 4.79 Å². The number of carbonyl (C=O) groups is 1. The molecule has 4 nitrogen and oxygen atoms in total. The Labute approximate surface area is 63.9 Å². The average molecular weight is 162 g/mol. The quantitative estimate of drug-likeness (QED) is 0.386. The average Bonchev–Trinajstić information content (AvgIpc) is 1.87. The van der Waals surface area contributed by atoms with Crippen molar-refractivity contribution in [2.45, 2.75) is 6.92 Å². The summed E-state index contributed by atoms with van der Waals surface area (Å²) in [6, 6.07) is 0. The molecule has 0 aliphatic rings. The van der Waals surface area contributed by atoms with E-state index in [1.807, 2.05) is 6.26 Å². The second-order valence-corrected chi connectivity index (χ2v) is 2.31. The number of hydrazone groups is 1. The van der Waals surface area contributed by atoms with Crippen LogP contribution in [0.25, 0.3) is 0 Å². The summed E-state index contributed by atoms with van der Waals surface area (Å²) < 4.78 is 0. The maximum absolute atomic E-state index is 10.3. The van der Waals surface area contributed by atoms with E-state index in [-0.39, 0.29) is 0 Å². The molecule has 10 heavy (non-hydrogen) atoms. The number of carboxylic acid groups (broad SMARTS) is 1. The van der Waals surface area contributed by atoms with Crippen LogP contribution in [0.4, 0.5) is 4.79 Å². The summed E-state index contributed by atoms with van der Waals surface area (Å²) >= 11 is 1.41. The molecule has 58 valence electrons. The summed E-state index contributed by atoms with van der Waals surface area (Å²) in [5, 5.41) is 13.0. The van der Waals surface area contributed by atoms with E-state index in [1.54, 1.807) is 6.92 Å². The maximum Gasteiger partial charge on any atom is 0.428 e. The van der Waals surface area contributed by atoms with Crippen molar-refractivity contribution in [2.24, 2.45) is 5.10 Å². The first kappa shape index (κ1) is 9.29. The molecule has 0 heterocycles. The van der Waals surface area contributed by atoms with Crippen LogP contribution in [0.2, 0.25) is 0 Å². The highest BCUT2D eigenvalue weighted by Crippen LogP contribution is 1.99. The molecule has 0 rings (SSSR count). The van der Waals surface area contributed by atoms with Crippen LogP contribution in [0, 0.1) is 0 Å². The molecule has 0 unspecified atom stereocenters. The number of hydrogen-bond acceptors (Lipinski definition) is 3. The van der Waals surface area contributed by atoms with Crippen LogP contribution in [-0.2, 0) is 0 Å². The third kappa shape index (κ3) is 3.34. The number of thioether (sulfide) groups is 1. The summed E-state index contributed by atoms with van der Waals surface area (Å²) in [5.74, 6) is 0.375. The lowest BCUT2D eigenvalue weighted by atomic mass is 10.9. The van der Waals surface area contributed by atoms with E-state index in [9.17, 15) is 4.79 Å². The first-order chi connectivity index (χ1) is 4.72. The molecule has 0 aliphatic carbocycles. The van der Waals surface area contributed by atoms with Gasteiger partial charge in [0.15, 0.2) is 0 Å². The van der Waals surface area contributed by atoms with Gasteiger partial charge in [0.25, 0.3) is 0 Å². The lowest BCUT2D eigenvalue weighted by Crippen LogP contribution is -2.22. The number of rotatable bonds is 3. The zero-order chi connectivity index (χ0) is 7.98. The van der Waals surface area contributed by atoms with Crippen LogP contribution in [0.5, 0.6) is 0 Å². The van der Waals surface area contributed by atoms with Crippen LogP contribution in [0.15, 0.2) is 5.10 Å². The van der Waals surface area contributed by atoms with Gasteiger partial charge in [0.05, 0.1) is 5.88 Å². The van der Waals surface area contributed by atoms with Gasteiger partial charge in [-0.05, 0) is 13.2 Å². The number of hydrogen-bond donors (Lipinski definition) is 1. The van der Waals surface area contributed by atoms with E-state index < -0.39 is 6.09 Å². The third-order valence-electron chi connectivity index (χ3n) is 0.727. The second-order valence-electron chi connectivity index (χ2n) is 1.47. The van der Waals surface area contributed by atoms with Crippen LogP contribution < -0.4 is 0 Å². The number of nitrogens with zero attached hydrogens (tertiary/aromatic N) is 2. The van der Waals surface area contributed by atoms with Gasteiger partial charge in [-0.3, -0.25) is 0 Å². The Morgan fingerprint density at radius 3 is 2.80 bits per heavy atom. The summed E-state index contributed by atoms with van der Waals surface area (Å²) in [6.45, 7) is 1.68. The van der Waals surface area contributed by atoms with Crippen molar-refractivity contribution in [1.29, 1.82) is 0 Å². The molecule has 0 saturated heterocycles. The predicted molar refractivity (Wildman–Crippen MR) is 42.4 cm³/mol. The SMILES string of the molecule is CC=NN(CSC)C(=O)O. The zero-order valence-electron chi connectivity index (χ0n) is 5.94. The Morgan fingerprint density at radius 2 is 2.50 bits per heavy atom. The topological polar surface area (TPSA) is 52.9 Å². The molecule has 1 N–H and O–H groups in total. The van der Waals surface area contributed by atoms with Crippen molar-refractivity contribution < 1.29 is 9.90 Å². The van der Waals surface area contributed by atoms with Gasteiger partial charge >= 0.3 is 6.09 Å². The van der Waals surface area contributed by atoms with Crippen molar-refractivity contribution in [3.8, 4) is 0 Å². The minimum atomic E-state index is -1.02. The summed E-state index contributed by atoms with van der Waals surface area (Å²) in [6.07, 6.45) is 2.25. The molecule has 0 saturated carbocycles. The van der Waals surface area contributed by atoms with Crippen LogP contribution in [0.3, 0.4) is 0 Å². The molecular weight excluding hydrogens is 152 g/mol. The van der Waals surface area contributed by atoms with Crippen LogP contribution in [0.1, 0.15) is 6.92 Å². The predicted octanol–water partition coefficient (Wildman–Crippen LogP) is 1.29. The fourth-order valence-corrected chi connectivity index (χ4v) is 0.821. The van der Waals surface area contributed by atoms with Gasteiger partial charge in [0, 0.05) is 6.21 Å². The van der Waals surface area contributed by atoms with Gasteiger partial charge in [-0.1, -0.05) is 0 Å². The van der Waals surface area contributed by atoms with E-state index >= 15 is 0 Å². The lowest BCUT2D eigenvalue weighted by molar-refractivity contribution is 0.155. The smallest absolute Gasteiger partial charge is 0.428 e. The summed E-state index contributed by atoms with van der Waals surface area (Å²) in [4.78, 5) is 10.3. The van der Waals surface area contributed by atoms with Crippen molar-refractivity contribution >= 4 is 24.1 Å². The minimum absolute atomic E-state index is 0.375. The largest absolute Gasteiger partial charge is 0.464 e. The van der Waals surface area contributed by atoms with Gasteiger partial charge in [-0.15, -0.1) is 11.8 Å². The molecule has 0 bridgehead atoms. The lowest BCUT2D eigenvalue weighted by Gasteiger charge is -2.09. The van der Waals surface area contributed by atoms with Gasteiger partial charge in [0.1, 0.15) is 0 Å². The maximum atomic E-state index is 10.3. The highest BCUT2D eigenvalue weighted by Gasteiger charge is 2.06. The van der Waals surface area contributed by atoms with E-state index in [4.69, 9.17) is 5.11 Å². The third-order valence-corrected chi connectivity index (χ3v) is 1.23. The normalized spacial score (nSPS) is 10.2. The Bertz CT molecular complexity index is 138. The Balaban J connectivity index is 3.85. The van der Waals surface area contributed by atoms with E-state index in [0.717, 1.165) is 5.01 Å². The van der Waals surface area contributed by atoms with Gasteiger partial charge < -0.3 is 5.11 Å². The molecule has 1 amide bonds. The standard InChI is InChI=1S/C5H10N2O2S/c1-3-6-7(4-10-2)5(8)9/h3H,4H2,1-2H3,(H,8,9). The Hall–Kier alpha value is -0.710. The van der Waals surface area contributed by atoms with Crippen molar-refractivity contribution in [2.75, 3.05) is 12.1 Å². The fraction of sp³-hybridized carbons (Fsp3) is 0.600. The van der Waals surface area contributed by atoms with Crippen LogP contribution >= 0.6 is 11.8 Å². The summed E-state index contributed by atoms with van der Waals surface area (Å²) in [7, 11) is 0. The highest BCUT2D eigenvalue weighted by molar-refractivity contribution is 7.98. The molecule has 0 aromatic heterocycles. The molecule has 0 radical (unpaired) electrons. The molecule has 0 atom stereocenters. The molecule has 0 aliphatic heterocycles. The van der Waals surface area contributed by atoms with Crippen molar-refractivity contribution in [3.63, 3.8) is 0 Å². The molecule has 0 aromatic carbocycles. The molecule has 5 heteroatoms. The summed E-state index contributed by atoms with van der Waals surface area (Å²) in [5.41, 5.74) is 0. The number of amides is 1. The Morgan fingerprint density at radius 1 is 1.90 bits per heavy atom. The molecular formula is C5H10N2O2S. The highest BCUT2D eigenvalue weighted by atomic mass is 32.2. The molecule has 0 aromatic rings. The van der Waals surface area contributed by atoms with E-state index in [0.29, 0.717) is 5.88 Å². The minimum Gasteiger partial charge on any atom is -0.464 e. The fourth-order valence-electron chi connectivity index (χ4n) is 0.400. The monoisotopic (exact) mass is 162 g/mol. The first-order valence-corrected chi connectivity index (χ1v) is 4.09. The van der Waals surface area contributed by atoms with Crippen molar-refractivity contribution in [3.05, 3.63) is 0 Å².